The van der Waals surface area contributed by atoms with Crippen LogP contribution >= 0.6 is 9.24 Å². The molecule has 0 spiro atoms. The molecule has 2 unspecified atom stereocenters. The van der Waals surface area contributed by atoms with Crippen LogP contribution in [0.4, 0.5) is 0 Å². The second kappa shape index (κ2) is 6.12. The molecule has 0 fully saturated rings. The van der Waals surface area contributed by atoms with Crippen LogP contribution in [0.15, 0.2) is 18.2 Å². The summed E-state index contributed by atoms with van der Waals surface area (Å²) in [7, 11) is 2.77. The molecule has 1 nitrogen and oxygen atoms in total. The summed E-state index contributed by atoms with van der Waals surface area (Å²) in [6.07, 6.45) is 3.55. The van der Waals surface area contributed by atoms with Crippen molar-refractivity contribution in [1.29, 1.82) is 0 Å². The number of ether oxygens (including phenoxy) is 1. The van der Waals surface area contributed by atoms with Crippen LogP contribution in [0.25, 0.3) is 0 Å². The summed E-state index contributed by atoms with van der Waals surface area (Å²) in [6, 6.07) is 6.21. The quantitative estimate of drug-likeness (QED) is 0.685. The van der Waals surface area contributed by atoms with Crippen LogP contribution < -0.4 is 4.74 Å². The Morgan fingerprint density at radius 3 is 2.73 bits per heavy atom. The van der Waals surface area contributed by atoms with E-state index in [2.05, 4.69) is 42.1 Å². The molecule has 2 heteroatoms. The van der Waals surface area contributed by atoms with Crippen molar-refractivity contribution in [1.82, 2.24) is 0 Å². The SMILES string of the molecule is CCCCC(P)Oc1cccc(C)c1C. The molecule has 0 N–H and O–H groups in total. The van der Waals surface area contributed by atoms with Crippen molar-refractivity contribution in [2.75, 3.05) is 0 Å². The van der Waals surface area contributed by atoms with Gasteiger partial charge in [-0.3, -0.25) is 0 Å². The van der Waals surface area contributed by atoms with Crippen molar-refractivity contribution in [2.45, 2.75) is 45.9 Å². The third kappa shape index (κ3) is 3.83. The fraction of sp³-hybridized carbons (Fsp3) is 0.538. The lowest BCUT2D eigenvalue weighted by Gasteiger charge is -2.16. The summed E-state index contributed by atoms with van der Waals surface area (Å²) >= 11 is 0. The molecule has 0 aromatic heterocycles. The molecule has 0 aliphatic rings. The minimum Gasteiger partial charge on any atom is -0.486 e. The summed E-state index contributed by atoms with van der Waals surface area (Å²) in [6.45, 7) is 6.43. The summed E-state index contributed by atoms with van der Waals surface area (Å²) < 4.78 is 5.89. The average Bonchev–Trinajstić information content (AvgIpc) is 2.22. The van der Waals surface area contributed by atoms with Crippen molar-refractivity contribution in [3.63, 3.8) is 0 Å². The van der Waals surface area contributed by atoms with Crippen molar-refractivity contribution in [3.8, 4) is 5.75 Å². The molecule has 15 heavy (non-hydrogen) atoms. The first-order chi connectivity index (χ1) is 7.15. The van der Waals surface area contributed by atoms with Gasteiger partial charge < -0.3 is 4.74 Å². The molecule has 2 atom stereocenters. The summed E-state index contributed by atoms with van der Waals surface area (Å²) in [4.78, 5) is 0. The van der Waals surface area contributed by atoms with Crippen LogP contribution in [0.3, 0.4) is 0 Å². The summed E-state index contributed by atoms with van der Waals surface area (Å²) in [5.41, 5.74) is 2.54. The van der Waals surface area contributed by atoms with Crippen LogP contribution in [-0.4, -0.2) is 5.85 Å². The maximum Gasteiger partial charge on any atom is 0.123 e. The lowest BCUT2D eigenvalue weighted by atomic mass is 10.1. The third-order valence-electron chi connectivity index (χ3n) is 2.68. The third-order valence-corrected chi connectivity index (χ3v) is 3.14. The molecular weight excluding hydrogens is 203 g/mol. The predicted molar refractivity (Wildman–Crippen MR) is 69.6 cm³/mol. The Kier molecular flexibility index (Phi) is 5.11. The molecule has 1 rings (SSSR count). The fourth-order valence-electron chi connectivity index (χ4n) is 1.48. The van der Waals surface area contributed by atoms with Gasteiger partial charge in [-0.1, -0.05) is 34.7 Å². The van der Waals surface area contributed by atoms with Crippen LogP contribution in [0.1, 0.15) is 37.3 Å². The molecule has 0 heterocycles. The number of hydrogen-bond donors (Lipinski definition) is 0. The number of benzene rings is 1. The zero-order valence-electron chi connectivity index (χ0n) is 9.92. The van der Waals surface area contributed by atoms with Gasteiger partial charge in [0.25, 0.3) is 0 Å². The Bertz CT molecular complexity index is 309. The van der Waals surface area contributed by atoms with Crippen LogP contribution in [0, 0.1) is 13.8 Å². The first-order valence-electron chi connectivity index (χ1n) is 5.63. The normalized spacial score (nSPS) is 12.5. The van der Waals surface area contributed by atoms with E-state index in [4.69, 9.17) is 4.74 Å². The van der Waals surface area contributed by atoms with Gasteiger partial charge in [-0.2, -0.15) is 0 Å². The smallest absolute Gasteiger partial charge is 0.123 e. The highest BCUT2D eigenvalue weighted by molar-refractivity contribution is 7.17. The standard InChI is InChI=1S/C13H21OP/c1-4-5-9-13(15)14-12-8-6-7-10(2)11(12)3/h6-8,13H,4-5,9,15H2,1-3H3. The Balaban J connectivity index is 2.60. The highest BCUT2D eigenvalue weighted by atomic mass is 31.0. The number of unbranched alkanes of at least 4 members (excludes halogenated alkanes) is 1. The van der Waals surface area contributed by atoms with Crippen molar-refractivity contribution in [3.05, 3.63) is 29.3 Å². The molecule has 84 valence electrons. The van der Waals surface area contributed by atoms with Gasteiger partial charge in [0, 0.05) is 0 Å². The molecule has 0 bridgehead atoms. The largest absolute Gasteiger partial charge is 0.486 e. The molecule has 0 aliphatic carbocycles. The number of hydrogen-bond acceptors (Lipinski definition) is 1. The highest BCUT2D eigenvalue weighted by Crippen LogP contribution is 2.24. The molecule has 1 aromatic rings. The molecule has 0 radical (unpaired) electrons. The Labute approximate surface area is 95.4 Å². The van der Waals surface area contributed by atoms with E-state index in [-0.39, 0.29) is 5.85 Å². The highest BCUT2D eigenvalue weighted by Gasteiger charge is 2.06. The van der Waals surface area contributed by atoms with E-state index in [1.54, 1.807) is 0 Å². The van der Waals surface area contributed by atoms with Gasteiger partial charge in [0.05, 0.1) is 0 Å². The van der Waals surface area contributed by atoms with E-state index in [0.717, 1.165) is 12.2 Å². The van der Waals surface area contributed by atoms with Gasteiger partial charge in [0.15, 0.2) is 0 Å². The Hall–Kier alpha value is -0.550. The van der Waals surface area contributed by atoms with E-state index in [0.29, 0.717) is 0 Å². The monoisotopic (exact) mass is 224 g/mol. The van der Waals surface area contributed by atoms with Gasteiger partial charge in [-0.05, 0) is 43.9 Å². The maximum atomic E-state index is 5.89. The van der Waals surface area contributed by atoms with E-state index in [9.17, 15) is 0 Å². The van der Waals surface area contributed by atoms with Crippen LogP contribution in [-0.2, 0) is 0 Å². The molecule has 0 saturated carbocycles. The summed E-state index contributed by atoms with van der Waals surface area (Å²) in [5.74, 6) is 1.26. The Morgan fingerprint density at radius 1 is 1.33 bits per heavy atom. The molecule has 1 aromatic carbocycles. The lowest BCUT2D eigenvalue weighted by Crippen LogP contribution is -2.08. The topological polar surface area (TPSA) is 9.23 Å². The lowest BCUT2D eigenvalue weighted by molar-refractivity contribution is 0.270. The zero-order chi connectivity index (χ0) is 11.3. The zero-order valence-corrected chi connectivity index (χ0v) is 11.1. The van der Waals surface area contributed by atoms with E-state index in [1.807, 2.05) is 6.07 Å². The fourth-order valence-corrected chi connectivity index (χ4v) is 1.86. The van der Waals surface area contributed by atoms with Gasteiger partial charge >= 0.3 is 0 Å². The summed E-state index contributed by atoms with van der Waals surface area (Å²) in [5, 5.41) is 0. The van der Waals surface area contributed by atoms with E-state index >= 15 is 0 Å². The minimum atomic E-state index is 0.241. The van der Waals surface area contributed by atoms with Crippen molar-refractivity contribution >= 4 is 9.24 Å². The van der Waals surface area contributed by atoms with Crippen molar-refractivity contribution < 1.29 is 4.74 Å². The van der Waals surface area contributed by atoms with Crippen molar-refractivity contribution in [2.24, 2.45) is 0 Å². The van der Waals surface area contributed by atoms with Gasteiger partial charge in [0.2, 0.25) is 0 Å². The molecular formula is C13H21OP. The van der Waals surface area contributed by atoms with E-state index in [1.165, 1.54) is 24.0 Å². The Morgan fingerprint density at radius 2 is 2.07 bits per heavy atom. The maximum absolute atomic E-state index is 5.89. The molecule has 0 aliphatic heterocycles. The van der Waals surface area contributed by atoms with Gasteiger partial charge in [0.1, 0.15) is 11.6 Å². The van der Waals surface area contributed by atoms with E-state index < -0.39 is 0 Å². The second-order valence-electron chi connectivity index (χ2n) is 4.00. The second-order valence-corrected chi connectivity index (χ2v) is 4.74. The molecule has 0 amide bonds. The van der Waals surface area contributed by atoms with Gasteiger partial charge in [-0.15, -0.1) is 0 Å². The number of aryl methyl sites for hydroxylation is 1. The van der Waals surface area contributed by atoms with Crippen LogP contribution in [0.2, 0.25) is 0 Å². The van der Waals surface area contributed by atoms with Gasteiger partial charge in [-0.25, -0.2) is 0 Å². The number of rotatable bonds is 5. The average molecular weight is 224 g/mol. The van der Waals surface area contributed by atoms with Crippen LogP contribution in [0.5, 0.6) is 5.75 Å². The first-order valence-corrected chi connectivity index (χ1v) is 6.30. The first kappa shape index (κ1) is 12.5. The molecule has 0 saturated heterocycles. The predicted octanol–water partition coefficient (Wildman–Crippen LogP) is 4.07. The minimum absolute atomic E-state index is 0.241.